The summed E-state index contributed by atoms with van der Waals surface area (Å²) in [5.74, 6) is 1.72. The second-order valence-corrected chi connectivity index (χ2v) is 8.06. The molecule has 3 aromatic carbocycles. The lowest BCUT2D eigenvalue weighted by atomic mass is 10.1. The van der Waals surface area contributed by atoms with Gasteiger partial charge in [0.15, 0.2) is 5.82 Å². The van der Waals surface area contributed by atoms with Crippen molar-refractivity contribution in [2.24, 2.45) is 0 Å². The molecule has 6 nitrogen and oxygen atoms in total. The SMILES string of the molecule is COCc1ccccc1.Cc1ccc2c(N3CCNCC3)nc(-c3ccccc3O)nc2c1. The Morgan fingerprint density at radius 1 is 0.939 bits per heavy atom. The number of methoxy groups -OCH3 is 1. The fourth-order valence-corrected chi connectivity index (χ4v) is 3.86. The third kappa shape index (κ3) is 5.66. The predicted molar refractivity (Wildman–Crippen MR) is 134 cm³/mol. The monoisotopic (exact) mass is 442 g/mol. The minimum atomic E-state index is 0.204. The number of fused-ring (bicyclic) bond motifs is 1. The zero-order valence-electron chi connectivity index (χ0n) is 19.2. The number of aryl methyl sites for hydroxylation is 1. The maximum Gasteiger partial charge on any atom is 0.165 e. The normalized spacial score (nSPS) is 13.5. The van der Waals surface area contributed by atoms with Crippen molar-refractivity contribution in [3.8, 4) is 17.1 Å². The number of anilines is 1. The number of phenolic OH excluding ortho intramolecular Hbond substituents is 1. The summed E-state index contributed by atoms with van der Waals surface area (Å²) in [6.45, 7) is 6.50. The minimum Gasteiger partial charge on any atom is -0.507 e. The van der Waals surface area contributed by atoms with E-state index in [2.05, 4.69) is 35.3 Å². The van der Waals surface area contributed by atoms with Crippen LogP contribution in [0.15, 0.2) is 72.8 Å². The number of aromatic nitrogens is 2. The van der Waals surface area contributed by atoms with Crippen LogP contribution < -0.4 is 10.2 Å². The zero-order chi connectivity index (χ0) is 23.0. The van der Waals surface area contributed by atoms with Crippen molar-refractivity contribution >= 4 is 16.7 Å². The van der Waals surface area contributed by atoms with Crippen LogP contribution >= 0.6 is 0 Å². The Bertz CT molecular complexity index is 1190. The van der Waals surface area contributed by atoms with E-state index in [4.69, 9.17) is 14.7 Å². The Kier molecular flexibility index (Phi) is 7.50. The summed E-state index contributed by atoms with van der Waals surface area (Å²) in [6, 6.07) is 23.6. The first kappa shape index (κ1) is 22.7. The first-order chi connectivity index (χ1) is 16.2. The van der Waals surface area contributed by atoms with Crippen molar-refractivity contribution in [3.05, 3.63) is 83.9 Å². The van der Waals surface area contributed by atoms with Gasteiger partial charge in [0.05, 0.1) is 17.7 Å². The Morgan fingerprint density at radius 2 is 1.67 bits per heavy atom. The van der Waals surface area contributed by atoms with Gasteiger partial charge in [0, 0.05) is 38.7 Å². The molecule has 0 radical (unpaired) electrons. The standard InChI is InChI=1S/C19H20N4O.C8H10O/c1-13-6-7-14-16(12-13)21-18(15-4-2-3-5-17(15)24)22-19(14)23-10-8-20-9-11-23;1-9-7-8-5-3-2-4-6-8/h2-7,12,20,24H,8-11H2,1H3;2-6H,7H2,1H3. The van der Waals surface area contributed by atoms with Gasteiger partial charge in [0.1, 0.15) is 11.6 Å². The van der Waals surface area contributed by atoms with Crippen LogP contribution in [0.2, 0.25) is 0 Å². The van der Waals surface area contributed by atoms with Gasteiger partial charge in [-0.3, -0.25) is 0 Å². The van der Waals surface area contributed by atoms with Gasteiger partial charge in [-0.05, 0) is 42.3 Å². The van der Waals surface area contributed by atoms with Crippen molar-refractivity contribution in [3.63, 3.8) is 0 Å². The van der Waals surface area contributed by atoms with Crippen molar-refractivity contribution in [1.82, 2.24) is 15.3 Å². The lowest BCUT2D eigenvalue weighted by Crippen LogP contribution is -2.44. The number of hydrogen-bond donors (Lipinski definition) is 2. The molecule has 0 aliphatic carbocycles. The molecule has 0 saturated carbocycles. The van der Waals surface area contributed by atoms with Gasteiger partial charge < -0.3 is 20.1 Å². The predicted octanol–water partition coefficient (Wildman–Crippen LogP) is 4.55. The summed E-state index contributed by atoms with van der Waals surface area (Å²) in [5.41, 5.74) is 3.96. The van der Waals surface area contributed by atoms with E-state index in [9.17, 15) is 5.11 Å². The van der Waals surface area contributed by atoms with Crippen LogP contribution in [0.1, 0.15) is 11.1 Å². The van der Waals surface area contributed by atoms with Gasteiger partial charge in [0.2, 0.25) is 0 Å². The smallest absolute Gasteiger partial charge is 0.165 e. The Morgan fingerprint density at radius 3 is 2.39 bits per heavy atom. The molecule has 0 amide bonds. The number of rotatable bonds is 4. The summed E-state index contributed by atoms with van der Waals surface area (Å²) >= 11 is 0. The molecule has 6 heteroatoms. The molecule has 2 heterocycles. The van der Waals surface area contributed by atoms with Gasteiger partial charge in [-0.15, -0.1) is 0 Å². The van der Waals surface area contributed by atoms with E-state index in [0.29, 0.717) is 18.0 Å². The van der Waals surface area contributed by atoms with Gasteiger partial charge in [-0.2, -0.15) is 0 Å². The lowest BCUT2D eigenvalue weighted by Gasteiger charge is -2.29. The van der Waals surface area contributed by atoms with E-state index >= 15 is 0 Å². The van der Waals surface area contributed by atoms with E-state index in [1.54, 1.807) is 19.2 Å². The van der Waals surface area contributed by atoms with Crippen molar-refractivity contribution in [2.75, 3.05) is 38.2 Å². The Labute approximate surface area is 194 Å². The maximum absolute atomic E-state index is 10.2. The fourth-order valence-electron chi connectivity index (χ4n) is 3.86. The first-order valence-corrected chi connectivity index (χ1v) is 11.2. The van der Waals surface area contributed by atoms with E-state index in [-0.39, 0.29) is 5.75 Å². The third-order valence-electron chi connectivity index (χ3n) is 5.55. The summed E-state index contributed by atoms with van der Waals surface area (Å²) in [7, 11) is 1.70. The largest absolute Gasteiger partial charge is 0.507 e. The van der Waals surface area contributed by atoms with Gasteiger partial charge >= 0.3 is 0 Å². The molecule has 1 saturated heterocycles. The van der Waals surface area contributed by atoms with Crippen LogP contribution in [-0.4, -0.2) is 48.4 Å². The van der Waals surface area contributed by atoms with Crippen LogP contribution in [0.3, 0.4) is 0 Å². The molecule has 1 aromatic heterocycles. The highest BCUT2D eigenvalue weighted by Gasteiger charge is 2.18. The maximum atomic E-state index is 10.2. The number of aromatic hydroxyl groups is 1. The summed E-state index contributed by atoms with van der Waals surface area (Å²) in [6.07, 6.45) is 0. The minimum absolute atomic E-state index is 0.204. The average Bonchev–Trinajstić information content (AvgIpc) is 2.85. The van der Waals surface area contributed by atoms with E-state index in [1.165, 1.54) is 5.56 Å². The first-order valence-electron chi connectivity index (χ1n) is 11.2. The van der Waals surface area contributed by atoms with E-state index < -0.39 is 0 Å². The molecule has 5 rings (SSSR count). The van der Waals surface area contributed by atoms with Crippen LogP contribution in [0, 0.1) is 6.92 Å². The molecule has 1 fully saturated rings. The molecule has 0 unspecified atom stereocenters. The number of piperazine rings is 1. The molecule has 170 valence electrons. The second-order valence-electron chi connectivity index (χ2n) is 8.06. The highest BCUT2D eigenvalue weighted by Crippen LogP contribution is 2.31. The van der Waals surface area contributed by atoms with Gasteiger partial charge in [-0.25, -0.2) is 9.97 Å². The van der Waals surface area contributed by atoms with Crippen LogP contribution in [-0.2, 0) is 11.3 Å². The average molecular weight is 443 g/mol. The molecular formula is C27H30N4O2. The molecule has 4 aromatic rings. The lowest BCUT2D eigenvalue weighted by molar-refractivity contribution is 0.185. The zero-order valence-corrected chi connectivity index (χ0v) is 19.2. The van der Waals surface area contributed by atoms with Gasteiger partial charge in [-0.1, -0.05) is 48.5 Å². The Balaban J connectivity index is 0.000000243. The molecule has 2 N–H and O–H groups in total. The fraction of sp³-hybridized carbons (Fsp3) is 0.259. The van der Waals surface area contributed by atoms with Crippen LogP contribution in [0.25, 0.3) is 22.3 Å². The highest BCUT2D eigenvalue weighted by molar-refractivity contribution is 5.92. The highest BCUT2D eigenvalue weighted by atomic mass is 16.5. The number of nitrogens with one attached hydrogen (secondary N) is 1. The topological polar surface area (TPSA) is 70.5 Å². The second kappa shape index (κ2) is 10.9. The number of phenols is 1. The third-order valence-corrected chi connectivity index (χ3v) is 5.55. The summed E-state index contributed by atoms with van der Waals surface area (Å²) in [4.78, 5) is 11.8. The van der Waals surface area contributed by atoms with Crippen molar-refractivity contribution in [2.45, 2.75) is 13.5 Å². The van der Waals surface area contributed by atoms with E-state index in [1.807, 2.05) is 42.5 Å². The number of benzene rings is 3. The van der Waals surface area contributed by atoms with Gasteiger partial charge in [0.25, 0.3) is 0 Å². The number of para-hydroxylation sites is 1. The van der Waals surface area contributed by atoms with E-state index in [0.717, 1.165) is 48.5 Å². The summed E-state index contributed by atoms with van der Waals surface area (Å²) < 4.78 is 4.93. The molecule has 1 aliphatic rings. The number of ether oxygens (including phenoxy) is 1. The molecule has 0 atom stereocenters. The summed E-state index contributed by atoms with van der Waals surface area (Å²) in [5, 5.41) is 14.6. The Hall–Kier alpha value is -3.48. The van der Waals surface area contributed by atoms with Crippen LogP contribution in [0.5, 0.6) is 5.75 Å². The molecule has 33 heavy (non-hydrogen) atoms. The molecular weight excluding hydrogens is 412 g/mol. The van der Waals surface area contributed by atoms with Crippen molar-refractivity contribution < 1.29 is 9.84 Å². The van der Waals surface area contributed by atoms with Crippen molar-refractivity contribution in [1.29, 1.82) is 0 Å². The number of hydrogen-bond acceptors (Lipinski definition) is 6. The molecule has 0 bridgehead atoms. The molecule has 1 aliphatic heterocycles. The van der Waals surface area contributed by atoms with Crippen LogP contribution in [0.4, 0.5) is 5.82 Å². The number of nitrogens with zero attached hydrogens (tertiary/aromatic N) is 3. The molecule has 0 spiro atoms. The quantitative estimate of drug-likeness (QED) is 0.483.